The minimum absolute atomic E-state index is 0.840. The van der Waals surface area contributed by atoms with E-state index < -0.39 is 0 Å². The Hall–Kier alpha value is -1.76. The molecular formula is C16H19N. The third kappa shape index (κ3) is 3.35. The van der Waals surface area contributed by atoms with E-state index in [-0.39, 0.29) is 0 Å². The summed E-state index contributed by atoms with van der Waals surface area (Å²) in [7, 11) is 0. The van der Waals surface area contributed by atoms with E-state index in [4.69, 9.17) is 5.73 Å². The molecule has 88 valence electrons. The zero-order valence-electron chi connectivity index (χ0n) is 10.3. The average Bonchev–Trinajstić information content (AvgIpc) is 2.34. The first-order chi connectivity index (χ1) is 8.25. The van der Waals surface area contributed by atoms with Gasteiger partial charge in [0.15, 0.2) is 0 Å². The van der Waals surface area contributed by atoms with Crippen LogP contribution in [0.3, 0.4) is 0 Å². The minimum atomic E-state index is 0.840. The summed E-state index contributed by atoms with van der Waals surface area (Å²) in [6.07, 6.45) is 3.46. The SMILES string of the molecule is Cc1ccccc1CCCc1ccc(N)cc1. The first kappa shape index (κ1) is 11.7. The van der Waals surface area contributed by atoms with Crippen molar-refractivity contribution >= 4 is 5.69 Å². The highest BCUT2D eigenvalue weighted by Crippen LogP contribution is 2.13. The topological polar surface area (TPSA) is 26.0 Å². The van der Waals surface area contributed by atoms with Crippen molar-refractivity contribution in [1.82, 2.24) is 0 Å². The molecule has 1 nitrogen and oxygen atoms in total. The lowest BCUT2D eigenvalue weighted by atomic mass is 10.0. The van der Waals surface area contributed by atoms with Crippen LogP contribution in [0.1, 0.15) is 23.1 Å². The Balaban J connectivity index is 1.88. The Morgan fingerprint density at radius 2 is 1.59 bits per heavy atom. The molecule has 0 fully saturated rings. The van der Waals surface area contributed by atoms with Gasteiger partial charge < -0.3 is 5.73 Å². The number of aryl methyl sites for hydroxylation is 3. The number of nitrogen functional groups attached to an aromatic ring is 1. The van der Waals surface area contributed by atoms with Gasteiger partial charge in [-0.05, 0) is 55.0 Å². The van der Waals surface area contributed by atoms with Gasteiger partial charge in [0.2, 0.25) is 0 Å². The lowest BCUT2D eigenvalue weighted by molar-refractivity contribution is 0.816. The first-order valence-electron chi connectivity index (χ1n) is 6.14. The third-order valence-corrected chi connectivity index (χ3v) is 3.15. The quantitative estimate of drug-likeness (QED) is 0.788. The van der Waals surface area contributed by atoms with Gasteiger partial charge in [-0.2, -0.15) is 0 Å². The molecule has 2 aromatic carbocycles. The number of benzene rings is 2. The molecule has 17 heavy (non-hydrogen) atoms. The lowest BCUT2D eigenvalue weighted by Crippen LogP contribution is -1.93. The van der Waals surface area contributed by atoms with Gasteiger partial charge in [0.25, 0.3) is 0 Å². The lowest BCUT2D eigenvalue weighted by Gasteiger charge is -2.05. The van der Waals surface area contributed by atoms with E-state index in [0.717, 1.165) is 18.5 Å². The van der Waals surface area contributed by atoms with E-state index in [2.05, 4.69) is 43.3 Å². The number of hydrogen-bond acceptors (Lipinski definition) is 1. The van der Waals surface area contributed by atoms with E-state index in [1.165, 1.54) is 23.1 Å². The van der Waals surface area contributed by atoms with Crippen LogP contribution in [-0.4, -0.2) is 0 Å². The molecule has 1 heteroatoms. The number of nitrogens with two attached hydrogens (primary N) is 1. The first-order valence-corrected chi connectivity index (χ1v) is 6.14. The van der Waals surface area contributed by atoms with Crippen molar-refractivity contribution < 1.29 is 0 Å². The van der Waals surface area contributed by atoms with Crippen molar-refractivity contribution in [3.63, 3.8) is 0 Å². The van der Waals surface area contributed by atoms with E-state index >= 15 is 0 Å². The maximum absolute atomic E-state index is 5.67. The maximum Gasteiger partial charge on any atom is 0.0314 e. The zero-order valence-corrected chi connectivity index (χ0v) is 10.3. The van der Waals surface area contributed by atoms with Crippen LogP contribution in [0, 0.1) is 6.92 Å². The standard InChI is InChI=1S/C16H19N/c1-13-5-2-3-7-15(13)8-4-6-14-9-11-16(17)12-10-14/h2-3,5,7,9-12H,4,6,8,17H2,1H3. The number of rotatable bonds is 4. The average molecular weight is 225 g/mol. The summed E-state index contributed by atoms with van der Waals surface area (Å²) in [5.74, 6) is 0. The van der Waals surface area contributed by atoms with Gasteiger partial charge in [0.1, 0.15) is 0 Å². The van der Waals surface area contributed by atoms with Crippen LogP contribution < -0.4 is 5.73 Å². The predicted molar refractivity (Wildman–Crippen MR) is 74.1 cm³/mol. The number of anilines is 1. The fourth-order valence-electron chi connectivity index (χ4n) is 2.06. The molecule has 0 radical (unpaired) electrons. The molecule has 0 unspecified atom stereocenters. The maximum atomic E-state index is 5.67. The summed E-state index contributed by atoms with van der Waals surface area (Å²) in [5, 5.41) is 0. The molecular weight excluding hydrogens is 206 g/mol. The van der Waals surface area contributed by atoms with E-state index in [1.807, 2.05) is 12.1 Å². The van der Waals surface area contributed by atoms with Gasteiger partial charge in [-0.3, -0.25) is 0 Å². The Morgan fingerprint density at radius 3 is 2.29 bits per heavy atom. The Labute approximate surface area is 103 Å². The largest absolute Gasteiger partial charge is 0.399 e. The molecule has 0 aliphatic carbocycles. The highest BCUT2D eigenvalue weighted by atomic mass is 14.5. The molecule has 0 aliphatic heterocycles. The summed E-state index contributed by atoms with van der Waals surface area (Å²) in [5.41, 5.74) is 10.7. The second kappa shape index (κ2) is 5.53. The second-order valence-electron chi connectivity index (χ2n) is 4.52. The van der Waals surface area contributed by atoms with Crippen molar-refractivity contribution in [2.45, 2.75) is 26.2 Å². The van der Waals surface area contributed by atoms with E-state index in [1.54, 1.807) is 0 Å². The molecule has 0 aromatic heterocycles. The van der Waals surface area contributed by atoms with E-state index in [0.29, 0.717) is 0 Å². The summed E-state index contributed by atoms with van der Waals surface area (Å²) in [6.45, 7) is 2.18. The molecule has 0 bridgehead atoms. The normalized spacial score (nSPS) is 10.4. The highest BCUT2D eigenvalue weighted by molar-refractivity contribution is 5.39. The highest BCUT2D eigenvalue weighted by Gasteiger charge is 1.98. The van der Waals surface area contributed by atoms with Crippen molar-refractivity contribution in [2.75, 3.05) is 5.73 Å². The van der Waals surface area contributed by atoms with Crippen LogP contribution in [0.4, 0.5) is 5.69 Å². The molecule has 0 amide bonds. The van der Waals surface area contributed by atoms with Crippen LogP contribution in [0.15, 0.2) is 48.5 Å². The van der Waals surface area contributed by atoms with Gasteiger partial charge in [-0.25, -0.2) is 0 Å². The fraction of sp³-hybridized carbons (Fsp3) is 0.250. The third-order valence-electron chi connectivity index (χ3n) is 3.15. The van der Waals surface area contributed by atoms with Crippen molar-refractivity contribution in [3.05, 3.63) is 65.2 Å². The van der Waals surface area contributed by atoms with Gasteiger partial charge >= 0.3 is 0 Å². The van der Waals surface area contributed by atoms with Crippen molar-refractivity contribution in [2.24, 2.45) is 0 Å². The Kier molecular flexibility index (Phi) is 3.81. The summed E-state index contributed by atoms with van der Waals surface area (Å²) in [6, 6.07) is 16.8. The zero-order chi connectivity index (χ0) is 12.1. The van der Waals surface area contributed by atoms with E-state index in [9.17, 15) is 0 Å². The summed E-state index contributed by atoms with van der Waals surface area (Å²) >= 11 is 0. The Morgan fingerprint density at radius 1 is 0.882 bits per heavy atom. The molecule has 2 rings (SSSR count). The molecule has 0 saturated heterocycles. The van der Waals surface area contributed by atoms with Crippen LogP contribution in [0.2, 0.25) is 0 Å². The molecule has 0 heterocycles. The molecule has 0 spiro atoms. The minimum Gasteiger partial charge on any atom is -0.399 e. The fourth-order valence-corrected chi connectivity index (χ4v) is 2.06. The molecule has 0 atom stereocenters. The van der Waals surface area contributed by atoms with Crippen molar-refractivity contribution in [3.8, 4) is 0 Å². The van der Waals surface area contributed by atoms with Gasteiger partial charge in [0.05, 0.1) is 0 Å². The molecule has 0 aliphatic rings. The van der Waals surface area contributed by atoms with Crippen LogP contribution in [-0.2, 0) is 12.8 Å². The second-order valence-corrected chi connectivity index (χ2v) is 4.52. The summed E-state index contributed by atoms with van der Waals surface area (Å²) < 4.78 is 0. The predicted octanol–water partition coefficient (Wildman–Crippen LogP) is 3.75. The van der Waals surface area contributed by atoms with Gasteiger partial charge in [0, 0.05) is 5.69 Å². The summed E-state index contributed by atoms with van der Waals surface area (Å²) in [4.78, 5) is 0. The Bertz CT molecular complexity index is 471. The van der Waals surface area contributed by atoms with Crippen molar-refractivity contribution in [1.29, 1.82) is 0 Å². The monoisotopic (exact) mass is 225 g/mol. The molecule has 2 N–H and O–H groups in total. The number of hydrogen-bond donors (Lipinski definition) is 1. The van der Waals surface area contributed by atoms with Gasteiger partial charge in [-0.15, -0.1) is 0 Å². The van der Waals surface area contributed by atoms with Crippen LogP contribution in [0.25, 0.3) is 0 Å². The van der Waals surface area contributed by atoms with Crippen LogP contribution >= 0.6 is 0 Å². The van der Waals surface area contributed by atoms with Gasteiger partial charge in [-0.1, -0.05) is 36.4 Å². The molecule has 2 aromatic rings. The smallest absolute Gasteiger partial charge is 0.0314 e. The molecule has 0 saturated carbocycles. The van der Waals surface area contributed by atoms with Crippen LogP contribution in [0.5, 0.6) is 0 Å².